The minimum absolute atomic E-state index is 0.227. The third-order valence-electron chi connectivity index (χ3n) is 3.45. The fraction of sp³-hybridized carbons (Fsp3) is 0.438. The third kappa shape index (κ3) is 3.76. The Kier molecular flexibility index (Phi) is 5.62. The largest absolute Gasteiger partial charge is 0.493 e. The van der Waals surface area contributed by atoms with Crippen molar-refractivity contribution < 1.29 is 28.6 Å². The first-order valence-electron chi connectivity index (χ1n) is 7.59. The number of carbonyl (C=O) groups excluding carboxylic acids is 3. The smallest absolute Gasteiger partial charge is 0.339 e. The lowest BCUT2D eigenvalue weighted by Crippen LogP contribution is -2.41. The van der Waals surface area contributed by atoms with Gasteiger partial charge in [0.2, 0.25) is 0 Å². The van der Waals surface area contributed by atoms with Gasteiger partial charge in [0.1, 0.15) is 0 Å². The molecule has 8 heteroatoms. The van der Waals surface area contributed by atoms with E-state index in [2.05, 4.69) is 5.32 Å². The van der Waals surface area contributed by atoms with Crippen molar-refractivity contribution in [3.8, 4) is 11.5 Å². The van der Waals surface area contributed by atoms with Crippen LogP contribution in [0.5, 0.6) is 11.5 Å². The third-order valence-corrected chi connectivity index (χ3v) is 3.45. The number of rotatable bonds is 6. The van der Waals surface area contributed by atoms with E-state index in [9.17, 15) is 14.4 Å². The van der Waals surface area contributed by atoms with E-state index >= 15 is 0 Å². The molecule has 2 rings (SSSR count). The average molecular weight is 336 g/mol. The van der Waals surface area contributed by atoms with Crippen LogP contribution in [0.1, 0.15) is 24.2 Å². The lowest BCUT2D eigenvalue weighted by molar-refractivity contribution is -0.136. The fourth-order valence-corrected chi connectivity index (χ4v) is 2.25. The minimum atomic E-state index is -1.07. The second kappa shape index (κ2) is 7.67. The number of hydrogen-bond acceptors (Lipinski definition) is 6. The van der Waals surface area contributed by atoms with Gasteiger partial charge >= 0.3 is 12.0 Å². The number of nitrogens with zero attached hydrogens (tertiary/aromatic N) is 1. The van der Waals surface area contributed by atoms with Crippen LogP contribution in [0, 0.1) is 0 Å². The van der Waals surface area contributed by atoms with E-state index in [0.29, 0.717) is 24.7 Å². The molecular weight excluding hydrogens is 316 g/mol. The maximum atomic E-state index is 12.2. The van der Waals surface area contributed by atoms with Gasteiger partial charge in [-0.1, -0.05) is 0 Å². The van der Waals surface area contributed by atoms with Gasteiger partial charge in [-0.05, 0) is 32.0 Å². The number of imide groups is 1. The summed E-state index contributed by atoms with van der Waals surface area (Å²) in [5, 5.41) is 2.52. The summed E-state index contributed by atoms with van der Waals surface area (Å²) >= 11 is 0. The molecule has 0 saturated carbocycles. The first-order chi connectivity index (χ1) is 11.5. The Morgan fingerprint density at radius 2 is 2.08 bits per heavy atom. The summed E-state index contributed by atoms with van der Waals surface area (Å²) in [6.07, 6.45) is -1.07. The zero-order valence-corrected chi connectivity index (χ0v) is 13.8. The van der Waals surface area contributed by atoms with Gasteiger partial charge in [0.05, 0.1) is 19.3 Å². The molecule has 0 spiro atoms. The summed E-state index contributed by atoms with van der Waals surface area (Å²) in [6, 6.07) is 4.11. The number of carbonyl (C=O) groups is 3. The standard InChI is InChI=1S/C16H20N2O6/c1-4-23-13-9-11(5-6-12(13)22-3)15(20)24-10(2)14(19)18-8-7-17-16(18)21/h5-6,9-10H,4,7-8H2,1-3H3,(H,17,21)/t10-/m0/s1. The highest BCUT2D eigenvalue weighted by molar-refractivity contribution is 5.99. The fourth-order valence-electron chi connectivity index (χ4n) is 2.25. The topological polar surface area (TPSA) is 94.2 Å². The first kappa shape index (κ1) is 17.6. The molecule has 0 aromatic heterocycles. The molecule has 1 aromatic carbocycles. The van der Waals surface area contributed by atoms with Crippen molar-refractivity contribution in [3.63, 3.8) is 0 Å². The molecule has 1 aliphatic heterocycles. The molecule has 0 unspecified atom stereocenters. The lowest BCUT2D eigenvalue weighted by Gasteiger charge is -2.18. The van der Waals surface area contributed by atoms with Crippen LogP contribution >= 0.6 is 0 Å². The molecule has 0 bridgehead atoms. The number of amides is 3. The molecule has 1 aromatic rings. The van der Waals surface area contributed by atoms with Crippen molar-refractivity contribution in [1.82, 2.24) is 10.2 Å². The molecule has 1 heterocycles. The molecule has 130 valence electrons. The summed E-state index contributed by atoms with van der Waals surface area (Å²) in [4.78, 5) is 36.9. The van der Waals surface area contributed by atoms with Gasteiger partial charge in [0, 0.05) is 13.1 Å². The summed E-state index contributed by atoms with van der Waals surface area (Å²) in [6.45, 7) is 4.30. The normalized spacial score (nSPS) is 14.8. The molecule has 1 N–H and O–H groups in total. The average Bonchev–Trinajstić information content (AvgIpc) is 3.00. The summed E-state index contributed by atoms with van der Waals surface area (Å²) in [5.41, 5.74) is 0.227. The number of ether oxygens (including phenoxy) is 3. The van der Waals surface area contributed by atoms with E-state index in [1.54, 1.807) is 6.07 Å². The van der Waals surface area contributed by atoms with Crippen LogP contribution in [0.4, 0.5) is 4.79 Å². The Morgan fingerprint density at radius 3 is 2.67 bits per heavy atom. The zero-order valence-electron chi connectivity index (χ0n) is 13.8. The van der Waals surface area contributed by atoms with Crippen LogP contribution < -0.4 is 14.8 Å². The highest BCUT2D eigenvalue weighted by atomic mass is 16.5. The number of esters is 1. The Bertz CT molecular complexity index is 645. The number of methoxy groups -OCH3 is 1. The van der Waals surface area contributed by atoms with Gasteiger partial charge in [0.25, 0.3) is 5.91 Å². The quantitative estimate of drug-likeness (QED) is 0.784. The summed E-state index contributed by atoms with van der Waals surface area (Å²) in [7, 11) is 1.50. The van der Waals surface area contributed by atoms with Gasteiger partial charge < -0.3 is 19.5 Å². The Hall–Kier alpha value is -2.77. The monoisotopic (exact) mass is 336 g/mol. The van der Waals surface area contributed by atoms with E-state index in [4.69, 9.17) is 14.2 Å². The van der Waals surface area contributed by atoms with Crippen LogP contribution in [0.2, 0.25) is 0 Å². The Morgan fingerprint density at radius 1 is 1.33 bits per heavy atom. The predicted molar refractivity (Wildman–Crippen MR) is 84.2 cm³/mol. The maximum Gasteiger partial charge on any atom is 0.339 e. The van der Waals surface area contributed by atoms with E-state index < -0.39 is 24.0 Å². The second-order valence-corrected chi connectivity index (χ2v) is 5.07. The highest BCUT2D eigenvalue weighted by Crippen LogP contribution is 2.28. The van der Waals surface area contributed by atoms with Crippen LogP contribution in [0.15, 0.2) is 18.2 Å². The van der Waals surface area contributed by atoms with Gasteiger partial charge in [-0.15, -0.1) is 0 Å². The summed E-state index contributed by atoms with van der Waals surface area (Å²) < 4.78 is 15.7. The van der Waals surface area contributed by atoms with Gasteiger partial charge in [-0.3, -0.25) is 9.69 Å². The van der Waals surface area contributed by atoms with Crippen molar-refractivity contribution in [2.45, 2.75) is 20.0 Å². The number of benzene rings is 1. The van der Waals surface area contributed by atoms with E-state index in [-0.39, 0.29) is 12.1 Å². The van der Waals surface area contributed by atoms with Crippen molar-refractivity contribution >= 4 is 17.9 Å². The number of hydrogen-bond donors (Lipinski definition) is 1. The van der Waals surface area contributed by atoms with Crippen molar-refractivity contribution in [1.29, 1.82) is 0 Å². The SMILES string of the molecule is CCOc1cc(C(=O)O[C@@H](C)C(=O)N2CCNC2=O)ccc1OC. The zero-order chi connectivity index (χ0) is 17.7. The summed E-state index contributed by atoms with van der Waals surface area (Å²) in [5.74, 6) is -0.338. The molecule has 3 amide bonds. The van der Waals surface area contributed by atoms with Crippen molar-refractivity contribution in [3.05, 3.63) is 23.8 Å². The van der Waals surface area contributed by atoms with E-state index in [1.165, 1.54) is 26.2 Å². The minimum Gasteiger partial charge on any atom is -0.493 e. The molecule has 1 atom stereocenters. The van der Waals surface area contributed by atoms with Crippen LogP contribution in [0.3, 0.4) is 0 Å². The number of urea groups is 1. The molecule has 24 heavy (non-hydrogen) atoms. The van der Waals surface area contributed by atoms with E-state index in [1.807, 2.05) is 6.92 Å². The molecule has 1 saturated heterocycles. The van der Waals surface area contributed by atoms with Crippen LogP contribution in [-0.2, 0) is 9.53 Å². The van der Waals surface area contributed by atoms with E-state index in [0.717, 1.165) is 4.90 Å². The first-order valence-corrected chi connectivity index (χ1v) is 7.59. The highest BCUT2D eigenvalue weighted by Gasteiger charge is 2.31. The molecule has 0 radical (unpaired) electrons. The van der Waals surface area contributed by atoms with Gasteiger partial charge in [-0.25, -0.2) is 9.59 Å². The Balaban J connectivity index is 2.07. The van der Waals surface area contributed by atoms with Crippen LogP contribution in [0.25, 0.3) is 0 Å². The van der Waals surface area contributed by atoms with Crippen molar-refractivity contribution in [2.75, 3.05) is 26.8 Å². The second-order valence-electron chi connectivity index (χ2n) is 5.07. The van der Waals surface area contributed by atoms with Crippen molar-refractivity contribution in [2.24, 2.45) is 0 Å². The van der Waals surface area contributed by atoms with Crippen LogP contribution in [-0.4, -0.2) is 55.7 Å². The van der Waals surface area contributed by atoms with Gasteiger partial charge in [-0.2, -0.15) is 0 Å². The van der Waals surface area contributed by atoms with Gasteiger partial charge in [0.15, 0.2) is 17.6 Å². The molecule has 1 fully saturated rings. The number of nitrogens with one attached hydrogen (secondary N) is 1. The Labute approximate surface area is 139 Å². The lowest BCUT2D eigenvalue weighted by atomic mass is 10.2. The molecule has 8 nitrogen and oxygen atoms in total. The molecular formula is C16H20N2O6. The molecule has 0 aliphatic carbocycles. The molecule has 1 aliphatic rings. The predicted octanol–water partition coefficient (Wildman–Crippen LogP) is 1.19. The maximum absolute atomic E-state index is 12.2.